The highest BCUT2D eigenvalue weighted by atomic mass is 32.2. The van der Waals surface area contributed by atoms with Gasteiger partial charge in [-0.25, -0.2) is 13.9 Å². The number of hydrogen-bond acceptors (Lipinski definition) is 3. The molecule has 1 N–H and O–H groups in total. The largest absolute Gasteiger partial charge is 0.478 e. The predicted molar refractivity (Wildman–Crippen MR) is 75.2 cm³/mol. The Labute approximate surface area is 124 Å². The highest BCUT2D eigenvalue weighted by molar-refractivity contribution is 7.84. The van der Waals surface area contributed by atoms with E-state index in [4.69, 9.17) is 4.74 Å². The summed E-state index contributed by atoms with van der Waals surface area (Å²) in [6.45, 7) is 6.92. The third kappa shape index (κ3) is 5.28. The van der Waals surface area contributed by atoms with E-state index in [-0.39, 0.29) is 11.4 Å². The molecular formula is C13H19F3N2O2S. The smallest absolute Gasteiger partial charge is 0.408 e. The van der Waals surface area contributed by atoms with Crippen molar-refractivity contribution in [2.24, 2.45) is 0 Å². The molecule has 0 amide bonds. The van der Waals surface area contributed by atoms with Gasteiger partial charge in [-0.05, 0) is 33.3 Å². The Kier molecular flexibility index (Phi) is 5.75. The molecule has 0 spiro atoms. The molecule has 0 aliphatic carbocycles. The van der Waals surface area contributed by atoms with Gasteiger partial charge in [0.25, 0.3) is 0 Å². The molecule has 0 bridgehead atoms. The van der Waals surface area contributed by atoms with E-state index in [1.54, 1.807) is 27.7 Å². The minimum atomic E-state index is -4.57. The Morgan fingerprint density at radius 2 is 1.95 bits per heavy atom. The second-order valence-corrected chi connectivity index (χ2v) is 7.33. The highest BCUT2D eigenvalue weighted by Gasteiger charge is 2.43. The average molecular weight is 324 g/mol. The predicted octanol–water partition coefficient (Wildman–Crippen LogP) is 3.14. The number of rotatable bonds is 5. The van der Waals surface area contributed by atoms with Crippen LogP contribution in [0.15, 0.2) is 18.3 Å². The SMILES string of the molecule is CCOc1ccc([C@@H](NS(=O)C(C)(C)C)C(F)(F)F)cn1. The van der Waals surface area contributed by atoms with Gasteiger partial charge in [0.05, 0.1) is 22.3 Å². The topological polar surface area (TPSA) is 51.2 Å². The Bertz CT molecular complexity index is 484. The number of ether oxygens (including phenoxy) is 1. The molecule has 21 heavy (non-hydrogen) atoms. The zero-order chi connectivity index (χ0) is 16.3. The maximum absolute atomic E-state index is 13.1. The van der Waals surface area contributed by atoms with Gasteiger partial charge in [-0.3, -0.25) is 0 Å². The molecule has 1 aromatic heterocycles. The lowest BCUT2D eigenvalue weighted by atomic mass is 10.1. The quantitative estimate of drug-likeness (QED) is 0.905. The molecule has 0 aromatic carbocycles. The molecule has 0 fully saturated rings. The van der Waals surface area contributed by atoms with Crippen molar-refractivity contribution < 1.29 is 22.1 Å². The number of aromatic nitrogens is 1. The zero-order valence-corrected chi connectivity index (χ0v) is 13.1. The summed E-state index contributed by atoms with van der Waals surface area (Å²) in [7, 11) is -1.85. The number of hydrogen-bond donors (Lipinski definition) is 1. The third-order valence-corrected chi connectivity index (χ3v) is 4.06. The summed E-state index contributed by atoms with van der Waals surface area (Å²) in [6, 6.07) is 0.586. The fraction of sp³-hybridized carbons (Fsp3) is 0.615. The number of nitrogens with zero attached hydrogens (tertiary/aromatic N) is 1. The van der Waals surface area contributed by atoms with Crippen LogP contribution in [0.5, 0.6) is 5.88 Å². The Morgan fingerprint density at radius 1 is 1.33 bits per heavy atom. The molecule has 0 aliphatic rings. The van der Waals surface area contributed by atoms with Crippen molar-refractivity contribution in [3.8, 4) is 5.88 Å². The Hall–Kier alpha value is -1.15. The molecule has 1 rings (SSSR count). The summed E-state index contributed by atoms with van der Waals surface area (Å²) in [5.74, 6) is 0.249. The van der Waals surface area contributed by atoms with Gasteiger partial charge in [0.1, 0.15) is 6.04 Å². The van der Waals surface area contributed by atoms with Gasteiger partial charge >= 0.3 is 6.18 Å². The van der Waals surface area contributed by atoms with Crippen LogP contribution in [0.25, 0.3) is 0 Å². The molecule has 0 radical (unpaired) electrons. The normalized spacial score (nSPS) is 15.6. The van der Waals surface area contributed by atoms with Crippen molar-refractivity contribution in [1.29, 1.82) is 0 Å². The van der Waals surface area contributed by atoms with Gasteiger partial charge in [-0.2, -0.15) is 13.2 Å². The van der Waals surface area contributed by atoms with Crippen molar-refractivity contribution in [1.82, 2.24) is 9.71 Å². The standard InChI is InChI=1S/C13H19F3N2O2S/c1-5-20-10-7-6-9(8-17-10)11(13(14,15)16)18-21(19)12(2,3)4/h6-8,11,18H,5H2,1-4H3/t11-,21?/m1/s1. The van der Waals surface area contributed by atoms with Crippen LogP contribution in [-0.2, 0) is 11.0 Å². The van der Waals surface area contributed by atoms with E-state index in [2.05, 4.69) is 9.71 Å². The monoisotopic (exact) mass is 324 g/mol. The minimum absolute atomic E-state index is 0.108. The molecule has 0 saturated carbocycles. The number of alkyl halides is 3. The van der Waals surface area contributed by atoms with Gasteiger partial charge < -0.3 is 4.74 Å². The van der Waals surface area contributed by atoms with Crippen LogP contribution in [0.2, 0.25) is 0 Å². The first-order valence-corrected chi connectivity index (χ1v) is 7.54. The van der Waals surface area contributed by atoms with E-state index in [0.29, 0.717) is 6.61 Å². The third-order valence-electron chi connectivity index (χ3n) is 2.49. The molecule has 0 saturated heterocycles. The Balaban J connectivity index is 3.01. The van der Waals surface area contributed by atoms with E-state index < -0.39 is 28.0 Å². The van der Waals surface area contributed by atoms with E-state index in [0.717, 1.165) is 6.20 Å². The molecular weight excluding hydrogens is 305 g/mol. The van der Waals surface area contributed by atoms with Gasteiger partial charge in [0.2, 0.25) is 5.88 Å². The van der Waals surface area contributed by atoms with Crippen molar-refractivity contribution in [3.63, 3.8) is 0 Å². The van der Waals surface area contributed by atoms with Crippen molar-refractivity contribution in [2.45, 2.75) is 44.7 Å². The first-order valence-electron chi connectivity index (χ1n) is 6.39. The minimum Gasteiger partial charge on any atom is -0.478 e. The summed E-state index contributed by atoms with van der Waals surface area (Å²) >= 11 is 0. The average Bonchev–Trinajstić information content (AvgIpc) is 2.34. The van der Waals surface area contributed by atoms with Crippen LogP contribution in [0, 0.1) is 0 Å². The number of nitrogens with one attached hydrogen (secondary N) is 1. The van der Waals surface area contributed by atoms with Crippen molar-refractivity contribution in [3.05, 3.63) is 23.9 Å². The molecule has 1 heterocycles. The number of pyridine rings is 1. The Morgan fingerprint density at radius 3 is 2.33 bits per heavy atom. The summed E-state index contributed by atoms with van der Waals surface area (Å²) in [6.07, 6.45) is -3.49. The number of halogens is 3. The second-order valence-electron chi connectivity index (χ2n) is 5.34. The van der Waals surface area contributed by atoms with Gasteiger partial charge in [0.15, 0.2) is 0 Å². The van der Waals surface area contributed by atoms with Crippen LogP contribution in [0.4, 0.5) is 13.2 Å². The first kappa shape index (κ1) is 17.9. The molecule has 0 aliphatic heterocycles. The maximum atomic E-state index is 13.1. The summed E-state index contributed by atoms with van der Waals surface area (Å²) < 4.78 is 57.8. The summed E-state index contributed by atoms with van der Waals surface area (Å²) in [4.78, 5) is 3.81. The van der Waals surface area contributed by atoms with Gasteiger partial charge in [-0.1, -0.05) is 6.07 Å². The lowest BCUT2D eigenvalue weighted by Crippen LogP contribution is -2.41. The van der Waals surface area contributed by atoms with E-state index in [1.165, 1.54) is 12.1 Å². The summed E-state index contributed by atoms with van der Waals surface area (Å²) in [5, 5.41) is 0. The molecule has 4 nitrogen and oxygen atoms in total. The molecule has 120 valence electrons. The van der Waals surface area contributed by atoms with Gasteiger partial charge in [-0.15, -0.1) is 0 Å². The van der Waals surface area contributed by atoms with E-state index >= 15 is 0 Å². The van der Waals surface area contributed by atoms with Crippen molar-refractivity contribution >= 4 is 11.0 Å². The van der Waals surface area contributed by atoms with Crippen LogP contribution >= 0.6 is 0 Å². The van der Waals surface area contributed by atoms with Crippen molar-refractivity contribution in [2.75, 3.05) is 6.61 Å². The molecule has 1 aromatic rings. The fourth-order valence-electron chi connectivity index (χ4n) is 1.40. The lowest BCUT2D eigenvalue weighted by Gasteiger charge is -2.26. The molecule has 2 atom stereocenters. The highest BCUT2D eigenvalue weighted by Crippen LogP contribution is 2.34. The molecule has 8 heteroatoms. The summed E-state index contributed by atoms with van der Waals surface area (Å²) in [5.41, 5.74) is -0.108. The molecule has 1 unspecified atom stereocenters. The van der Waals surface area contributed by atoms with Crippen LogP contribution < -0.4 is 9.46 Å². The maximum Gasteiger partial charge on any atom is 0.408 e. The van der Waals surface area contributed by atoms with Gasteiger partial charge in [0, 0.05) is 12.3 Å². The van der Waals surface area contributed by atoms with E-state index in [9.17, 15) is 17.4 Å². The van der Waals surface area contributed by atoms with Crippen LogP contribution in [0.1, 0.15) is 39.3 Å². The van der Waals surface area contributed by atoms with E-state index in [1.807, 2.05) is 0 Å². The second kappa shape index (κ2) is 6.74. The fourth-order valence-corrected chi connectivity index (χ4v) is 2.24. The lowest BCUT2D eigenvalue weighted by molar-refractivity contribution is -0.152. The van der Waals surface area contributed by atoms with Crippen LogP contribution in [0.3, 0.4) is 0 Å². The first-order chi connectivity index (χ1) is 9.55. The zero-order valence-electron chi connectivity index (χ0n) is 12.3. The van der Waals surface area contributed by atoms with Crippen LogP contribution in [-0.4, -0.2) is 26.7 Å².